The van der Waals surface area contributed by atoms with Gasteiger partial charge in [-0.2, -0.15) is 0 Å². The van der Waals surface area contributed by atoms with Crippen LogP contribution in [0.1, 0.15) is 11.1 Å². The van der Waals surface area contributed by atoms with E-state index in [0.717, 1.165) is 16.8 Å². The van der Waals surface area contributed by atoms with E-state index in [2.05, 4.69) is 5.32 Å². The minimum Gasteiger partial charge on any atom is -0.507 e. The van der Waals surface area contributed by atoms with Crippen LogP contribution in [0.3, 0.4) is 0 Å². The first-order valence-electron chi connectivity index (χ1n) is 6.70. The van der Waals surface area contributed by atoms with Crippen LogP contribution in [0.25, 0.3) is 0 Å². The molecule has 110 valence electrons. The fourth-order valence-corrected chi connectivity index (χ4v) is 2.28. The van der Waals surface area contributed by atoms with Crippen LogP contribution in [0.15, 0.2) is 36.4 Å². The molecule has 3 rings (SSSR count). The lowest BCUT2D eigenvalue weighted by Gasteiger charge is -2.12. The summed E-state index contributed by atoms with van der Waals surface area (Å²) in [5, 5.41) is 13.3. The predicted molar refractivity (Wildman–Crippen MR) is 78.7 cm³/mol. The van der Waals surface area contributed by atoms with Crippen molar-refractivity contribution in [3.63, 3.8) is 0 Å². The highest BCUT2D eigenvalue weighted by molar-refractivity contribution is 5.55. The average molecular weight is 287 g/mol. The molecule has 2 aromatic rings. The van der Waals surface area contributed by atoms with Crippen LogP contribution in [-0.2, 0) is 17.9 Å². The molecule has 0 bridgehead atoms. The topological polar surface area (TPSA) is 60.0 Å². The molecule has 0 fully saturated rings. The maximum Gasteiger partial charge on any atom is 0.231 e. The molecule has 0 amide bonds. The van der Waals surface area contributed by atoms with Gasteiger partial charge in [0.1, 0.15) is 5.75 Å². The number of hydrogen-bond donors (Lipinski definition) is 2. The van der Waals surface area contributed by atoms with E-state index < -0.39 is 0 Å². The number of benzene rings is 2. The van der Waals surface area contributed by atoms with Crippen molar-refractivity contribution >= 4 is 5.69 Å². The standard InChI is InChI=1S/C16H17NO4/c1-19-9-11-4-2-3-5-13(11)17-8-12-6-15-16(7-14(12)18)21-10-20-15/h2-7,17-18H,8-10H2,1H3. The summed E-state index contributed by atoms with van der Waals surface area (Å²) in [6, 6.07) is 11.3. The van der Waals surface area contributed by atoms with E-state index in [0.29, 0.717) is 24.7 Å². The van der Waals surface area contributed by atoms with Gasteiger partial charge >= 0.3 is 0 Å². The van der Waals surface area contributed by atoms with Crippen LogP contribution in [0, 0.1) is 0 Å². The Morgan fingerprint density at radius 1 is 1.14 bits per heavy atom. The molecule has 0 atom stereocenters. The lowest BCUT2D eigenvalue weighted by molar-refractivity contribution is 0.174. The molecule has 1 aliphatic heterocycles. The Labute approximate surface area is 123 Å². The summed E-state index contributed by atoms with van der Waals surface area (Å²) in [7, 11) is 1.67. The number of fused-ring (bicyclic) bond motifs is 1. The zero-order valence-electron chi connectivity index (χ0n) is 11.8. The Kier molecular flexibility index (Phi) is 3.83. The summed E-state index contributed by atoms with van der Waals surface area (Å²) in [6.45, 7) is 1.22. The molecule has 5 nitrogen and oxygen atoms in total. The van der Waals surface area contributed by atoms with Gasteiger partial charge in [0.05, 0.1) is 6.61 Å². The van der Waals surface area contributed by atoms with E-state index in [-0.39, 0.29) is 12.5 Å². The Morgan fingerprint density at radius 3 is 2.71 bits per heavy atom. The second kappa shape index (κ2) is 5.93. The normalized spacial score (nSPS) is 12.4. The van der Waals surface area contributed by atoms with Crippen molar-refractivity contribution in [3.8, 4) is 17.2 Å². The number of phenols is 1. The third-order valence-electron chi connectivity index (χ3n) is 3.36. The van der Waals surface area contributed by atoms with Crippen LogP contribution in [0.2, 0.25) is 0 Å². The second-order valence-corrected chi connectivity index (χ2v) is 4.78. The highest BCUT2D eigenvalue weighted by atomic mass is 16.7. The molecular weight excluding hydrogens is 270 g/mol. The van der Waals surface area contributed by atoms with E-state index in [9.17, 15) is 5.11 Å². The van der Waals surface area contributed by atoms with Crippen LogP contribution in [0.4, 0.5) is 5.69 Å². The lowest BCUT2D eigenvalue weighted by atomic mass is 10.1. The molecule has 2 N–H and O–H groups in total. The number of nitrogens with one attached hydrogen (secondary N) is 1. The fourth-order valence-electron chi connectivity index (χ4n) is 2.28. The number of para-hydroxylation sites is 1. The van der Waals surface area contributed by atoms with Crippen LogP contribution >= 0.6 is 0 Å². The number of ether oxygens (including phenoxy) is 3. The molecular formula is C16H17NO4. The van der Waals surface area contributed by atoms with Gasteiger partial charge < -0.3 is 24.6 Å². The summed E-state index contributed by atoms with van der Waals surface area (Å²) in [5.41, 5.74) is 2.81. The van der Waals surface area contributed by atoms with Crippen molar-refractivity contribution in [2.45, 2.75) is 13.2 Å². The van der Waals surface area contributed by atoms with Gasteiger partial charge in [0.25, 0.3) is 0 Å². The third-order valence-corrected chi connectivity index (χ3v) is 3.36. The molecule has 0 aromatic heterocycles. The van der Waals surface area contributed by atoms with Crippen LogP contribution in [-0.4, -0.2) is 19.0 Å². The number of hydrogen-bond acceptors (Lipinski definition) is 5. The van der Waals surface area contributed by atoms with E-state index in [1.807, 2.05) is 24.3 Å². The molecule has 5 heteroatoms. The van der Waals surface area contributed by atoms with Crippen LogP contribution in [0.5, 0.6) is 17.2 Å². The maximum atomic E-state index is 10.0. The number of anilines is 1. The molecule has 1 aliphatic rings. The second-order valence-electron chi connectivity index (χ2n) is 4.78. The number of rotatable bonds is 5. The fraction of sp³-hybridized carbons (Fsp3) is 0.250. The van der Waals surface area contributed by atoms with Gasteiger partial charge in [-0.05, 0) is 12.1 Å². The first-order valence-corrected chi connectivity index (χ1v) is 6.70. The molecule has 0 spiro atoms. The predicted octanol–water partition coefficient (Wildman–Crippen LogP) is 2.88. The first kappa shape index (κ1) is 13.6. The molecule has 0 saturated carbocycles. The minimum atomic E-state index is 0.191. The van der Waals surface area contributed by atoms with Crippen LogP contribution < -0.4 is 14.8 Å². The zero-order chi connectivity index (χ0) is 14.7. The van der Waals surface area contributed by atoms with Gasteiger partial charge in [-0.15, -0.1) is 0 Å². The van der Waals surface area contributed by atoms with Gasteiger partial charge in [0.2, 0.25) is 6.79 Å². The van der Waals surface area contributed by atoms with Crippen molar-refractivity contribution in [1.82, 2.24) is 0 Å². The van der Waals surface area contributed by atoms with E-state index >= 15 is 0 Å². The quantitative estimate of drug-likeness (QED) is 0.885. The van der Waals surface area contributed by atoms with E-state index in [1.54, 1.807) is 19.2 Å². The SMILES string of the molecule is COCc1ccccc1NCc1cc2c(cc1O)OCO2. The third kappa shape index (κ3) is 2.87. The Morgan fingerprint density at radius 2 is 1.90 bits per heavy atom. The molecule has 21 heavy (non-hydrogen) atoms. The van der Waals surface area contributed by atoms with Crippen molar-refractivity contribution in [3.05, 3.63) is 47.5 Å². The number of aromatic hydroxyl groups is 1. The summed E-state index contributed by atoms with van der Waals surface area (Å²) < 4.78 is 15.7. The van der Waals surface area contributed by atoms with Gasteiger partial charge in [-0.1, -0.05) is 18.2 Å². The van der Waals surface area contributed by atoms with Crippen molar-refractivity contribution in [2.75, 3.05) is 19.2 Å². The molecule has 2 aromatic carbocycles. The summed E-state index contributed by atoms with van der Waals surface area (Å²) in [5.74, 6) is 1.43. The molecule has 1 heterocycles. The highest BCUT2D eigenvalue weighted by Gasteiger charge is 2.17. The monoisotopic (exact) mass is 287 g/mol. The highest BCUT2D eigenvalue weighted by Crippen LogP contribution is 2.37. The van der Waals surface area contributed by atoms with Gasteiger partial charge in [0.15, 0.2) is 11.5 Å². The molecule has 0 radical (unpaired) electrons. The summed E-state index contributed by atoms with van der Waals surface area (Å²) >= 11 is 0. The largest absolute Gasteiger partial charge is 0.507 e. The average Bonchev–Trinajstić information content (AvgIpc) is 2.93. The number of methoxy groups -OCH3 is 1. The summed E-state index contributed by atoms with van der Waals surface area (Å²) in [4.78, 5) is 0. The van der Waals surface area contributed by atoms with Crippen molar-refractivity contribution < 1.29 is 19.3 Å². The van der Waals surface area contributed by atoms with Crippen molar-refractivity contribution in [1.29, 1.82) is 0 Å². The summed E-state index contributed by atoms with van der Waals surface area (Å²) in [6.07, 6.45) is 0. The zero-order valence-corrected chi connectivity index (χ0v) is 11.8. The van der Waals surface area contributed by atoms with Gasteiger partial charge in [0, 0.05) is 36.5 Å². The Hall–Kier alpha value is -2.40. The minimum absolute atomic E-state index is 0.191. The van der Waals surface area contributed by atoms with Gasteiger partial charge in [-0.3, -0.25) is 0 Å². The lowest BCUT2D eigenvalue weighted by Crippen LogP contribution is -2.03. The Balaban J connectivity index is 1.76. The molecule has 0 aliphatic carbocycles. The smallest absolute Gasteiger partial charge is 0.231 e. The molecule has 0 saturated heterocycles. The first-order chi connectivity index (χ1) is 10.3. The van der Waals surface area contributed by atoms with Crippen molar-refractivity contribution in [2.24, 2.45) is 0 Å². The number of phenolic OH excluding ortho intramolecular Hbond substituents is 1. The Bertz CT molecular complexity index is 642. The molecule has 0 unspecified atom stereocenters. The van der Waals surface area contributed by atoms with E-state index in [4.69, 9.17) is 14.2 Å². The maximum absolute atomic E-state index is 10.0. The van der Waals surface area contributed by atoms with Gasteiger partial charge in [-0.25, -0.2) is 0 Å². The van der Waals surface area contributed by atoms with E-state index in [1.165, 1.54) is 0 Å².